The van der Waals surface area contributed by atoms with E-state index in [0.29, 0.717) is 6.20 Å². The van der Waals surface area contributed by atoms with Gasteiger partial charge in [-0.25, -0.2) is 10.9 Å². The Balaban J connectivity index is 2.95. The zero-order chi connectivity index (χ0) is 11.5. The lowest BCUT2D eigenvalue weighted by Crippen LogP contribution is -2.09. The van der Waals surface area contributed by atoms with Crippen LogP contribution in [0.2, 0.25) is 5.15 Å². The van der Waals surface area contributed by atoms with E-state index in [1.165, 1.54) is 0 Å². The van der Waals surface area contributed by atoms with Crippen LogP contribution in [-0.2, 0) is 17.4 Å². The van der Waals surface area contributed by atoms with E-state index < -0.39 is 11.7 Å². The number of halogens is 4. The second-order valence-corrected chi connectivity index (χ2v) is 3.15. The molecule has 0 aliphatic heterocycles. The van der Waals surface area contributed by atoms with Crippen molar-refractivity contribution in [3.63, 3.8) is 0 Å². The van der Waals surface area contributed by atoms with Crippen molar-refractivity contribution >= 4 is 11.6 Å². The van der Waals surface area contributed by atoms with Crippen molar-refractivity contribution in [1.82, 2.24) is 4.98 Å². The van der Waals surface area contributed by atoms with Crippen molar-refractivity contribution < 1.29 is 18.0 Å². The molecule has 1 heterocycles. The fourth-order valence-corrected chi connectivity index (χ4v) is 1.19. The van der Waals surface area contributed by atoms with Gasteiger partial charge in [-0.15, -0.1) is 0 Å². The van der Waals surface area contributed by atoms with Crippen molar-refractivity contribution in [1.29, 1.82) is 0 Å². The summed E-state index contributed by atoms with van der Waals surface area (Å²) >= 11 is 5.61. The average Bonchev–Trinajstić information content (AvgIpc) is 2.15. The third kappa shape index (κ3) is 3.33. The Morgan fingerprint density at radius 2 is 2.13 bits per heavy atom. The Hall–Kier alpha value is -0.850. The van der Waals surface area contributed by atoms with E-state index in [1.54, 1.807) is 0 Å². The van der Waals surface area contributed by atoms with Crippen molar-refractivity contribution in [2.75, 3.05) is 6.61 Å². The predicted molar refractivity (Wildman–Crippen MR) is 48.1 cm³/mol. The minimum atomic E-state index is -4.42. The van der Waals surface area contributed by atoms with Crippen LogP contribution < -0.4 is 5.90 Å². The summed E-state index contributed by atoms with van der Waals surface area (Å²) in [6.07, 6.45) is -3.54. The number of hydrogen-bond donors (Lipinski definition) is 1. The Morgan fingerprint density at radius 3 is 2.67 bits per heavy atom. The first kappa shape index (κ1) is 12.2. The van der Waals surface area contributed by atoms with E-state index in [9.17, 15) is 13.2 Å². The fourth-order valence-electron chi connectivity index (χ4n) is 0.993. The summed E-state index contributed by atoms with van der Waals surface area (Å²) in [6, 6.07) is 0.939. The summed E-state index contributed by atoms with van der Waals surface area (Å²) in [5.74, 6) is 4.76. The first-order chi connectivity index (χ1) is 6.95. The molecule has 0 amide bonds. The monoisotopic (exact) mass is 240 g/mol. The molecule has 0 saturated carbocycles. The molecule has 84 valence electrons. The summed E-state index contributed by atoms with van der Waals surface area (Å²) in [7, 11) is 0. The highest BCUT2D eigenvalue weighted by Crippen LogP contribution is 2.30. The molecule has 0 spiro atoms. The first-order valence-corrected chi connectivity index (χ1v) is 4.36. The van der Waals surface area contributed by atoms with Crippen LogP contribution in [0.1, 0.15) is 11.1 Å². The van der Waals surface area contributed by atoms with Crippen LogP contribution >= 0.6 is 11.6 Å². The van der Waals surface area contributed by atoms with Crippen LogP contribution in [0.15, 0.2) is 12.3 Å². The molecular formula is C8H8ClF3N2O. The molecule has 15 heavy (non-hydrogen) atoms. The second-order valence-electron chi connectivity index (χ2n) is 2.79. The molecule has 1 rings (SSSR count). The molecule has 0 atom stereocenters. The lowest BCUT2D eigenvalue weighted by atomic mass is 10.1. The highest BCUT2D eigenvalue weighted by molar-refractivity contribution is 6.30. The van der Waals surface area contributed by atoms with Crippen molar-refractivity contribution in [2.45, 2.75) is 12.6 Å². The van der Waals surface area contributed by atoms with Crippen LogP contribution in [0.5, 0.6) is 0 Å². The molecule has 2 N–H and O–H groups in total. The Labute approximate surface area is 89.0 Å². The van der Waals surface area contributed by atoms with Crippen LogP contribution in [-0.4, -0.2) is 11.6 Å². The fraction of sp³-hybridized carbons (Fsp3) is 0.375. The van der Waals surface area contributed by atoms with Gasteiger partial charge in [0, 0.05) is 12.6 Å². The van der Waals surface area contributed by atoms with Crippen molar-refractivity contribution in [3.8, 4) is 0 Å². The van der Waals surface area contributed by atoms with Gasteiger partial charge in [-0.1, -0.05) is 11.6 Å². The molecule has 0 radical (unpaired) electrons. The van der Waals surface area contributed by atoms with Gasteiger partial charge in [0.1, 0.15) is 5.15 Å². The average molecular weight is 241 g/mol. The molecular weight excluding hydrogens is 233 g/mol. The summed E-state index contributed by atoms with van der Waals surface area (Å²) in [6.45, 7) is 0.0860. The highest BCUT2D eigenvalue weighted by atomic mass is 35.5. The number of nitrogens with two attached hydrogens (primary N) is 1. The zero-order valence-corrected chi connectivity index (χ0v) is 8.27. The zero-order valence-electron chi connectivity index (χ0n) is 7.51. The lowest BCUT2D eigenvalue weighted by molar-refractivity contribution is -0.137. The number of pyridine rings is 1. The van der Waals surface area contributed by atoms with Gasteiger partial charge in [-0.2, -0.15) is 13.2 Å². The maximum absolute atomic E-state index is 12.3. The van der Waals surface area contributed by atoms with Gasteiger partial charge in [0.25, 0.3) is 0 Å². The number of rotatable bonds is 3. The van der Waals surface area contributed by atoms with E-state index in [4.69, 9.17) is 17.5 Å². The smallest absolute Gasteiger partial charge is 0.304 e. The number of alkyl halides is 3. The number of nitrogens with zero attached hydrogens (tertiary/aromatic N) is 1. The lowest BCUT2D eigenvalue weighted by Gasteiger charge is -2.09. The molecule has 0 bridgehead atoms. The third-order valence-corrected chi connectivity index (χ3v) is 2.07. The van der Waals surface area contributed by atoms with E-state index in [-0.39, 0.29) is 23.7 Å². The van der Waals surface area contributed by atoms with Crippen molar-refractivity contribution in [2.24, 2.45) is 5.90 Å². The van der Waals surface area contributed by atoms with Gasteiger partial charge in [0.15, 0.2) is 0 Å². The number of aromatic nitrogens is 1. The SMILES string of the molecule is NOCCc1cc(C(F)(F)F)cnc1Cl. The topological polar surface area (TPSA) is 48.1 Å². The van der Waals surface area contributed by atoms with Crippen LogP contribution in [0.3, 0.4) is 0 Å². The normalized spacial score (nSPS) is 11.8. The Kier molecular flexibility index (Phi) is 3.90. The molecule has 7 heteroatoms. The van der Waals surface area contributed by atoms with Gasteiger partial charge < -0.3 is 4.84 Å². The van der Waals surface area contributed by atoms with E-state index in [1.807, 2.05) is 0 Å². The van der Waals surface area contributed by atoms with Crippen molar-refractivity contribution in [3.05, 3.63) is 28.5 Å². The summed E-state index contributed by atoms with van der Waals surface area (Å²) < 4.78 is 36.8. The first-order valence-electron chi connectivity index (χ1n) is 3.98. The second kappa shape index (κ2) is 4.78. The Bertz CT molecular complexity index is 343. The molecule has 0 aliphatic rings. The van der Waals surface area contributed by atoms with E-state index in [2.05, 4.69) is 9.82 Å². The Morgan fingerprint density at radius 1 is 1.47 bits per heavy atom. The predicted octanol–water partition coefficient (Wildman–Crippen LogP) is 2.19. The minimum absolute atomic E-state index is 0.0278. The molecule has 1 aromatic rings. The number of hydrogen-bond acceptors (Lipinski definition) is 3. The molecule has 3 nitrogen and oxygen atoms in total. The van der Waals surface area contributed by atoms with E-state index >= 15 is 0 Å². The highest BCUT2D eigenvalue weighted by Gasteiger charge is 2.31. The summed E-state index contributed by atoms with van der Waals surface area (Å²) in [5, 5.41) is 0.0278. The molecule has 1 aromatic heterocycles. The standard InChI is InChI=1S/C8H8ClF3N2O/c9-7-5(1-2-15-13)3-6(4-14-7)8(10,11)12/h3-4H,1-2,13H2. The van der Waals surface area contributed by atoms with Gasteiger partial charge in [-0.3, -0.25) is 0 Å². The summed E-state index contributed by atoms with van der Waals surface area (Å²) in [5.41, 5.74) is -0.573. The van der Waals surface area contributed by atoms with E-state index in [0.717, 1.165) is 6.07 Å². The van der Waals surface area contributed by atoms with Gasteiger partial charge >= 0.3 is 6.18 Å². The van der Waals surface area contributed by atoms with Crippen LogP contribution in [0.25, 0.3) is 0 Å². The molecule has 0 unspecified atom stereocenters. The van der Waals surface area contributed by atoms with Crippen LogP contribution in [0, 0.1) is 0 Å². The molecule has 0 aliphatic carbocycles. The maximum Gasteiger partial charge on any atom is 0.417 e. The van der Waals surface area contributed by atoms with Gasteiger partial charge in [0.2, 0.25) is 0 Å². The van der Waals surface area contributed by atoms with Gasteiger partial charge in [0.05, 0.1) is 12.2 Å². The summed E-state index contributed by atoms with van der Waals surface area (Å²) in [4.78, 5) is 7.71. The third-order valence-electron chi connectivity index (χ3n) is 1.73. The molecule has 0 aromatic carbocycles. The molecule has 0 saturated heterocycles. The maximum atomic E-state index is 12.3. The van der Waals surface area contributed by atoms with Crippen LogP contribution in [0.4, 0.5) is 13.2 Å². The van der Waals surface area contributed by atoms with Gasteiger partial charge in [-0.05, 0) is 11.6 Å². The largest absolute Gasteiger partial charge is 0.417 e. The quantitative estimate of drug-likeness (QED) is 0.651. The minimum Gasteiger partial charge on any atom is -0.304 e. The molecule has 0 fully saturated rings.